The van der Waals surface area contributed by atoms with Crippen molar-refractivity contribution in [1.29, 1.82) is 0 Å². The van der Waals surface area contributed by atoms with Crippen molar-refractivity contribution in [2.45, 2.75) is 19.6 Å². The van der Waals surface area contributed by atoms with Gasteiger partial charge in [-0.2, -0.15) is 0 Å². The molecule has 0 aromatic carbocycles. The van der Waals surface area contributed by atoms with Gasteiger partial charge in [0.15, 0.2) is 0 Å². The van der Waals surface area contributed by atoms with E-state index >= 15 is 0 Å². The average Bonchev–Trinajstić information content (AvgIpc) is 2.14. The summed E-state index contributed by atoms with van der Waals surface area (Å²) in [5.41, 5.74) is 0. The number of hydrogen-bond donors (Lipinski definition) is 0. The van der Waals surface area contributed by atoms with Gasteiger partial charge in [-0.05, 0) is 0 Å². The number of carbonyl (C=O) groups excluding carboxylic acids is 4. The molecule has 0 rings (SSSR count). The average molecular weight is 244 g/mol. The van der Waals surface area contributed by atoms with E-state index in [4.69, 9.17) is 19.2 Å². The van der Waals surface area contributed by atoms with E-state index in [2.05, 4.69) is 61.9 Å². The van der Waals surface area contributed by atoms with E-state index in [1.807, 2.05) is 0 Å². The molecule has 0 aliphatic rings. The molecule has 0 N–H and O–H groups in total. The summed E-state index contributed by atoms with van der Waals surface area (Å²) in [7, 11) is 0. The third-order valence-corrected chi connectivity index (χ3v) is 0. The Balaban J connectivity index is -0.0000000230. The van der Waals surface area contributed by atoms with Crippen LogP contribution in [0, 0.1) is 0 Å². The summed E-state index contributed by atoms with van der Waals surface area (Å²) in [5, 5.41) is 0. The Hall–Kier alpha value is -0.597. The maximum Gasteiger partial charge on any atom is 0.281 e. The molecule has 0 aromatic rings. The molecule has 4 nitrogen and oxygen atoms in total. The first-order valence-corrected chi connectivity index (χ1v) is 7.38. The van der Waals surface area contributed by atoms with Gasteiger partial charge in [-0.3, -0.25) is 19.2 Å². The maximum atomic E-state index is 7.50. The van der Waals surface area contributed by atoms with Crippen molar-refractivity contribution in [2.75, 3.05) is 0 Å². The Morgan fingerprint density at radius 3 is 0.692 bits per heavy atom. The molecule has 0 amide bonds. The van der Waals surface area contributed by atoms with Crippen molar-refractivity contribution >= 4 is 33.9 Å². The van der Waals surface area contributed by atoms with Gasteiger partial charge in [-0.15, -0.1) is 0 Å². The fourth-order valence-corrected chi connectivity index (χ4v) is 0. The number of hydrogen-bond acceptors (Lipinski definition) is 4. The largest absolute Gasteiger partial charge is 0.281 e. The second-order valence-electron chi connectivity index (χ2n) is 2.00. The molecule has 0 spiro atoms. The molecule has 0 fully saturated rings. The van der Waals surface area contributed by atoms with Gasteiger partial charge in [0, 0.05) is 0 Å². The normalized spacial score (nSPS) is 5.92. The van der Waals surface area contributed by atoms with Gasteiger partial charge in [-0.1, -0.05) is 0 Å². The fourth-order valence-electron chi connectivity index (χ4n) is 0. The van der Waals surface area contributed by atoms with Gasteiger partial charge in [0.1, 0.15) is 0 Å². The van der Waals surface area contributed by atoms with Gasteiger partial charge in [0.2, 0.25) is 0 Å². The zero-order valence-corrected chi connectivity index (χ0v) is 9.51. The second-order valence-corrected chi connectivity index (χ2v) is 10.7. The fraction of sp³-hybridized carbons (Fsp3) is 0.429. The predicted molar refractivity (Wildman–Crippen MR) is 46.1 cm³/mol. The van der Waals surface area contributed by atoms with Gasteiger partial charge in [-0.25, -0.2) is 0 Å². The summed E-state index contributed by atoms with van der Waals surface area (Å²) in [6.45, 7) is 23.6. The summed E-state index contributed by atoms with van der Waals surface area (Å²) >= 11 is 4.31. The molecule has 74 valence electrons. The molecular formula is C7H9CoO4Si. The van der Waals surface area contributed by atoms with Crippen LogP contribution < -0.4 is 0 Å². The van der Waals surface area contributed by atoms with Gasteiger partial charge in [0.25, 0.3) is 27.2 Å². The maximum absolute atomic E-state index is 7.50. The molecule has 13 heavy (non-hydrogen) atoms. The van der Waals surface area contributed by atoms with Crippen LogP contribution in [0.1, 0.15) is 0 Å². The first kappa shape index (κ1) is 29.4. The van der Waals surface area contributed by atoms with Gasteiger partial charge in [0.05, 0.1) is 0 Å². The first-order chi connectivity index (χ1) is 6.00. The van der Waals surface area contributed by atoms with E-state index in [-0.39, 0.29) is 0 Å². The van der Waals surface area contributed by atoms with Crippen molar-refractivity contribution in [3.8, 4) is 0 Å². The Morgan fingerprint density at radius 2 is 0.692 bits per heavy atom. The van der Waals surface area contributed by atoms with E-state index in [1.54, 1.807) is 0 Å². The predicted octanol–water partition coefficient (Wildman–Crippen LogP) is -0.220. The standard InChI is InChI=1S/C3H9Si.4CO.Co/c1-4(2)3;4*1-2;/h1-3H3;;;;;. The van der Waals surface area contributed by atoms with Crippen LogP contribution in [-0.2, 0) is 34.3 Å². The molecule has 0 saturated carbocycles. The molecule has 0 atom stereocenters. The van der Waals surface area contributed by atoms with Crippen molar-refractivity contribution in [3.05, 3.63) is 0 Å². The zero-order valence-electron chi connectivity index (χ0n) is 7.47. The molecule has 0 unspecified atom stereocenters. The molecule has 0 aromatic heterocycles. The van der Waals surface area contributed by atoms with E-state index in [9.17, 15) is 0 Å². The summed E-state index contributed by atoms with van der Waals surface area (Å²) in [5.74, 6) is 0. The topological polar surface area (TPSA) is 68.3 Å². The number of rotatable bonds is 0. The van der Waals surface area contributed by atoms with Gasteiger partial charge >= 0.3 is 41.5 Å². The monoisotopic (exact) mass is 244 g/mol. The van der Waals surface area contributed by atoms with Crippen LogP contribution >= 0.6 is 0 Å². The third-order valence-electron chi connectivity index (χ3n) is 0. The Kier molecular flexibility index (Phi) is 95.7. The van der Waals surface area contributed by atoms with Crippen LogP contribution in [0.25, 0.3) is 0 Å². The SMILES string of the molecule is C[Si](C)(C)[Co].[C]=O.[C]=O.[C]=O.[C]=O. The van der Waals surface area contributed by atoms with Gasteiger partial charge < -0.3 is 0 Å². The quantitative estimate of drug-likeness (QED) is 0.552. The molecule has 6 heteroatoms. The molecule has 0 aliphatic heterocycles. The minimum atomic E-state index is -0.924. The Bertz CT molecular complexity index is 63.4. The summed E-state index contributed by atoms with van der Waals surface area (Å²) in [4.78, 5) is 30.0. The summed E-state index contributed by atoms with van der Waals surface area (Å²) in [6.07, 6.45) is 0. The first-order valence-electron chi connectivity index (χ1n) is 2.48. The Labute approximate surface area is 88.2 Å². The van der Waals surface area contributed by atoms with E-state index in [0.717, 1.165) is 0 Å². The second kappa shape index (κ2) is 42.3. The molecule has 0 saturated heterocycles. The summed E-state index contributed by atoms with van der Waals surface area (Å²) < 4.78 is 0. The van der Waals surface area contributed by atoms with Crippen molar-refractivity contribution < 1.29 is 34.3 Å². The minimum absolute atomic E-state index is 0.924. The zero-order chi connectivity index (χ0) is 12.5. The summed E-state index contributed by atoms with van der Waals surface area (Å²) in [6, 6.07) is 0. The molecule has 0 bridgehead atoms. The molecule has 0 aliphatic carbocycles. The molecule has 8 radical (unpaired) electrons. The van der Waals surface area contributed by atoms with Crippen molar-refractivity contribution in [1.82, 2.24) is 0 Å². The van der Waals surface area contributed by atoms with E-state index < -0.39 is 6.72 Å². The molecular weight excluding hydrogens is 235 g/mol. The van der Waals surface area contributed by atoms with Crippen molar-refractivity contribution in [2.24, 2.45) is 0 Å². The van der Waals surface area contributed by atoms with E-state index in [0.29, 0.717) is 0 Å². The molecule has 0 heterocycles. The van der Waals surface area contributed by atoms with Crippen molar-refractivity contribution in [3.63, 3.8) is 0 Å². The van der Waals surface area contributed by atoms with Crippen LogP contribution in [-0.4, -0.2) is 33.9 Å². The van der Waals surface area contributed by atoms with Crippen LogP contribution in [0.5, 0.6) is 0 Å². The van der Waals surface area contributed by atoms with Crippen LogP contribution in [0.4, 0.5) is 0 Å². The van der Waals surface area contributed by atoms with E-state index in [1.165, 1.54) is 0 Å². The smallest absolute Gasteiger partial charge is 0.281 e. The third kappa shape index (κ3) is 2830. The van der Waals surface area contributed by atoms with Crippen LogP contribution in [0.15, 0.2) is 0 Å². The van der Waals surface area contributed by atoms with Crippen LogP contribution in [0.3, 0.4) is 0 Å². The van der Waals surface area contributed by atoms with Crippen LogP contribution in [0.2, 0.25) is 19.6 Å². The Morgan fingerprint density at radius 1 is 0.692 bits per heavy atom. The minimum Gasteiger partial charge on any atom is -0.281 e.